The van der Waals surface area contributed by atoms with Crippen molar-refractivity contribution in [3.8, 4) is 0 Å². The van der Waals surface area contributed by atoms with Crippen molar-refractivity contribution in [2.75, 3.05) is 60.5 Å². The standard InChI is InChI=1S/C28H50N8O9/c1-5-6-14-31-22(37)18-36(19-23(38)32-15-9-7-11-20(30-2)25(29)40)24(39)13-17-33-26(41)21(35-28(43)45-4)12-8-10-16-34-27(42)44-3/h5,20-21,30H,1,6-19H2,2-4H3,(H2,29,40)(H,31,37)(H,32,38)(H,33,41)(H,34,42)(H,35,43)/t20-,21-/m0/s1. The molecular formula is C28H50N8O9. The lowest BCUT2D eigenvalue weighted by Gasteiger charge is -2.22. The van der Waals surface area contributed by atoms with Gasteiger partial charge in [-0.25, -0.2) is 9.59 Å². The molecule has 0 saturated carbocycles. The molecule has 17 nitrogen and oxygen atoms in total. The number of ether oxygens (including phenoxy) is 2. The normalized spacial score (nSPS) is 11.6. The second kappa shape index (κ2) is 25.0. The summed E-state index contributed by atoms with van der Waals surface area (Å²) in [7, 11) is 4.03. The van der Waals surface area contributed by atoms with Gasteiger partial charge in [0.05, 0.1) is 20.3 Å². The largest absolute Gasteiger partial charge is 0.453 e. The highest BCUT2D eigenvalue weighted by atomic mass is 16.5. The molecule has 0 aliphatic heterocycles. The average molecular weight is 643 g/mol. The summed E-state index contributed by atoms with van der Waals surface area (Å²) in [6, 6.07) is -1.43. The van der Waals surface area contributed by atoms with Gasteiger partial charge in [0, 0.05) is 32.6 Å². The number of unbranched alkanes of at least 4 members (excludes halogenated alkanes) is 2. The third kappa shape index (κ3) is 20.2. The number of hydrogen-bond acceptors (Lipinski definition) is 10. The molecule has 0 radical (unpaired) electrons. The number of rotatable bonds is 24. The number of hydrogen-bond donors (Lipinski definition) is 7. The molecule has 0 rings (SSSR count). The Morgan fingerprint density at radius 1 is 0.756 bits per heavy atom. The van der Waals surface area contributed by atoms with Crippen LogP contribution in [0.25, 0.3) is 0 Å². The zero-order chi connectivity index (χ0) is 34.0. The number of primary amides is 1. The zero-order valence-electron chi connectivity index (χ0n) is 26.5. The molecule has 0 heterocycles. The Kier molecular flexibility index (Phi) is 22.5. The highest BCUT2D eigenvalue weighted by Crippen LogP contribution is 2.03. The fraction of sp³-hybridized carbons (Fsp3) is 0.679. The monoisotopic (exact) mass is 642 g/mol. The second-order valence-electron chi connectivity index (χ2n) is 9.91. The Balaban J connectivity index is 5.03. The van der Waals surface area contributed by atoms with E-state index >= 15 is 0 Å². The Bertz CT molecular complexity index is 980. The maximum Gasteiger partial charge on any atom is 0.407 e. The van der Waals surface area contributed by atoms with Gasteiger partial charge >= 0.3 is 12.2 Å². The van der Waals surface area contributed by atoms with Gasteiger partial charge in [-0.1, -0.05) is 6.08 Å². The zero-order valence-corrected chi connectivity index (χ0v) is 26.5. The second-order valence-corrected chi connectivity index (χ2v) is 9.91. The van der Waals surface area contributed by atoms with E-state index in [4.69, 9.17) is 5.73 Å². The number of carbonyl (C=O) groups excluding carboxylic acids is 7. The molecule has 0 aliphatic carbocycles. The van der Waals surface area contributed by atoms with Crippen LogP contribution < -0.4 is 37.6 Å². The molecule has 0 spiro atoms. The van der Waals surface area contributed by atoms with Gasteiger partial charge in [0.15, 0.2) is 0 Å². The topological polar surface area (TPSA) is 239 Å². The molecule has 0 bridgehead atoms. The number of alkyl carbamates (subject to hydrolysis) is 2. The number of nitrogens with one attached hydrogen (secondary N) is 6. The van der Waals surface area contributed by atoms with Crippen molar-refractivity contribution in [3.05, 3.63) is 12.7 Å². The predicted molar refractivity (Wildman–Crippen MR) is 165 cm³/mol. The van der Waals surface area contributed by atoms with Gasteiger partial charge in [-0.2, -0.15) is 0 Å². The van der Waals surface area contributed by atoms with Crippen molar-refractivity contribution >= 4 is 41.7 Å². The van der Waals surface area contributed by atoms with Gasteiger partial charge in [0.25, 0.3) is 0 Å². The summed E-state index contributed by atoms with van der Waals surface area (Å²) >= 11 is 0. The van der Waals surface area contributed by atoms with Crippen LogP contribution in [-0.2, 0) is 33.4 Å². The van der Waals surface area contributed by atoms with Crippen molar-refractivity contribution in [1.29, 1.82) is 0 Å². The highest BCUT2D eigenvalue weighted by Gasteiger charge is 2.23. The Hall–Kier alpha value is -4.41. The number of likely N-dealkylation sites (N-methyl/N-ethyl adjacent to an activating group) is 1. The van der Waals surface area contributed by atoms with E-state index in [1.165, 1.54) is 7.11 Å². The van der Waals surface area contributed by atoms with E-state index in [-0.39, 0.29) is 32.5 Å². The molecule has 0 fully saturated rings. The van der Waals surface area contributed by atoms with E-state index in [9.17, 15) is 33.6 Å². The van der Waals surface area contributed by atoms with Crippen LogP contribution >= 0.6 is 0 Å². The van der Waals surface area contributed by atoms with Crippen molar-refractivity contribution < 1.29 is 43.0 Å². The minimum absolute atomic E-state index is 0.121. The van der Waals surface area contributed by atoms with Crippen molar-refractivity contribution in [2.45, 2.75) is 63.5 Å². The van der Waals surface area contributed by atoms with Gasteiger partial charge < -0.3 is 52.0 Å². The average Bonchev–Trinajstić information content (AvgIpc) is 3.01. The summed E-state index contributed by atoms with van der Waals surface area (Å²) in [6.45, 7) is 3.64. The van der Waals surface area contributed by atoms with Crippen LogP contribution in [0.4, 0.5) is 9.59 Å². The van der Waals surface area contributed by atoms with Gasteiger partial charge in [-0.3, -0.25) is 24.0 Å². The SMILES string of the molecule is C=CCCNC(=O)CN(CC(=O)NCCCC[C@H](NC)C(N)=O)C(=O)CCNC(=O)[C@H](CCCCNC(=O)OC)NC(=O)OC. The first kappa shape index (κ1) is 40.6. The van der Waals surface area contributed by atoms with E-state index in [0.29, 0.717) is 58.2 Å². The Labute approximate surface area is 264 Å². The van der Waals surface area contributed by atoms with Gasteiger partial charge in [0.2, 0.25) is 29.5 Å². The molecule has 0 aromatic rings. The van der Waals surface area contributed by atoms with Gasteiger partial charge in [-0.15, -0.1) is 6.58 Å². The summed E-state index contributed by atoms with van der Waals surface area (Å²) in [5, 5.41) is 15.7. The third-order valence-corrected chi connectivity index (χ3v) is 6.43. The maximum absolute atomic E-state index is 13.0. The molecule has 2 atom stereocenters. The van der Waals surface area contributed by atoms with Crippen molar-refractivity contribution in [1.82, 2.24) is 36.8 Å². The summed E-state index contributed by atoms with van der Waals surface area (Å²) in [6.07, 6.45) is 3.45. The van der Waals surface area contributed by atoms with Crippen LogP contribution in [0, 0.1) is 0 Å². The smallest absolute Gasteiger partial charge is 0.407 e. The summed E-state index contributed by atoms with van der Waals surface area (Å²) < 4.78 is 9.08. The maximum atomic E-state index is 13.0. The molecular weight excluding hydrogens is 592 g/mol. The molecule has 0 aromatic heterocycles. The lowest BCUT2D eigenvalue weighted by molar-refractivity contribution is -0.139. The lowest BCUT2D eigenvalue weighted by atomic mass is 10.1. The number of nitrogens with zero attached hydrogens (tertiary/aromatic N) is 1. The van der Waals surface area contributed by atoms with Crippen LogP contribution in [0.15, 0.2) is 12.7 Å². The number of amides is 7. The van der Waals surface area contributed by atoms with E-state index in [1.54, 1.807) is 13.1 Å². The first-order valence-electron chi connectivity index (χ1n) is 14.8. The Morgan fingerprint density at radius 3 is 1.84 bits per heavy atom. The summed E-state index contributed by atoms with van der Waals surface area (Å²) in [4.78, 5) is 86.1. The molecule has 0 saturated heterocycles. The van der Waals surface area contributed by atoms with Crippen LogP contribution in [0.5, 0.6) is 0 Å². The van der Waals surface area contributed by atoms with E-state index in [2.05, 4.69) is 48.0 Å². The highest BCUT2D eigenvalue weighted by molar-refractivity contribution is 5.90. The lowest BCUT2D eigenvalue weighted by Crippen LogP contribution is -2.49. The number of carbonyl (C=O) groups is 7. The van der Waals surface area contributed by atoms with Crippen LogP contribution in [0.3, 0.4) is 0 Å². The number of methoxy groups -OCH3 is 2. The van der Waals surface area contributed by atoms with Crippen LogP contribution in [-0.4, -0.2) is 119 Å². The number of nitrogens with two attached hydrogens (primary N) is 1. The first-order valence-corrected chi connectivity index (χ1v) is 14.8. The third-order valence-electron chi connectivity index (χ3n) is 6.43. The fourth-order valence-corrected chi connectivity index (χ4v) is 3.91. The molecule has 45 heavy (non-hydrogen) atoms. The predicted octanol–water partition coefficient (Wildman–Crippen LogP) is -1.38. The quantitative estimate of drug-likeness (QED) is 0.0481. The summed E-state index contributed by atoms with van der Waals surface area (Å²) in [5.74, 6) is -2.50. The van der Waals surface area contributed by atoms with E-state index in [1.807, 2.05) is 0 Å². The van der Waals surface area contributed by atoms with Crippen molar-refractivity contribution in [2.24, 2.45) is 5.73 Å². The Morgan fingerprint density at radius 2 is 1.31 bits per heavy atom. The fourth-order valence-electron chi connectivity index (χ4n) is 3.91. The molecule has 0 unspecified atom stereocenters. The molecule has 0 aliphatic rings. The van der Waals surface area contributed by atoms with Crippen LogP contribution in [0.1, 0.15) is 51.4 Å². The van der Waals surface area contributed by atoms with Crippen molar-refractivity contribution in [3.63, 3.8) is 0 Å². The molecule has 8 N–H and O–H groups in total. The molecule has 0 aromatic carbocycles. The van der Waals surface area contributed by atoms with Gasteiger partial charge in [0.1, 0.15) is 19.1 Å². The van der Waals surface area contributed by atoms with E-state index in [0.717, 1.165) is 12.0 Å². The van der Waals surface area contributed by atoms with Crippen LogP contribution in [0.2, 0.25) is 0 Å². The minimum Gasteiger partial charge on any atom is -0.453 e. The minimum atomic E-state index is -0.963. The molecule has 256 valence electrons. The molecule has 17 heteroatoms. The van der Waals surface area contributed by atoms with Gasteiger partial charge in [-0.05, 0) is 52.0 Å². The summed E-state index contributed by atoms with van der Waals surface area (Å²) in [5.41, 5.74) is 5.30. The molecule has 7 amide bonds. The first-order chi connectivity index (χ1) is 21.5. The van der Waals surface area contributed by atoms with E-state index < -0.39 is 53.8 Å².